The minimum absolute atomic E-state index is 0.0590. The van der Waals surface area contributed by atoms with E-state index in [-0.39, 0.29) is 22.4 Å². The summed E-state index contributed by atoms with van der Waals surface area (Å²) in [5.74, 6) is 4.46. The molecule has 4 heterocycles. The van der Waals surface area contributed by atoms with E-state index < -0.39 is 39.9 Å². The fourth-order valence-electron chi connectivity index (χ4n) is 7.59. The molecule has 8 fully saturated rings. The number of sulfone groups is 2. The molecule has 0 N–H and O–H groups in total. The molecule has 8 atom stereocenters. The Morgan fingerprint density at radius 3 is 1.17 bits per heavy atom. The summed E-state index contributed by atoms with van der Waals surface area (Å²) in [6.45, 7) is 32.4. The molecule has 4 aliphatic heterocycles. The summed E-state index contributed by atoms with van der Waals surface area (Å²) >= 11 is 0. The predicted molar refractivity (Wildman–Crippen MR) is 223 cm³/mol. The Hall–Kier alpha value is -0.280. The Morgan fingerprint density at radius 2 is 0.904 bits per heavy atom. The van der Waals surface area contributed by atoms with Crippen LogP contribution in [0.4, 0.5) is 0 Å². The van der Waals surface area contributed by atoms with Gasteiger partial charge in [-0.05, 0) is 81.5 Å². The number of fused-ring (bicyclic) bond motifs is 2. The first kappa shape index (κ1) is 58.4. The second-order valence-electron chi connectivity index (χ2n) is 11.6. The molecule has 8 rings (SSSR count). The lowest BCUT2D eigenvalue weighted by molar-refractivity contribution is 0.196. The van der Waals surface area contributed by atoms with Gasteiger partial charge in [-0.3, -0.25) is 8.37 Å². The van der Waals surface area contributed by atoms with E-state index in [9.17, 15) is 33.7 Å². The lowest BCUT2D eigenvalue weighted by Crippen LogP contribution is -2.21. The van der Waals surface area contributed by atoms with Crippen molar-refractivity contribution >= 4 is 39.9 Å². The summed E-state index contributed by atoms with van der Waals surface area (Å²) in [5, 5.41) is -0.0440. The molecule has 0 aromatic carbocycles. The maximum Gasteiger partial charge on any atom is 0.270 e. The summed E-state index contributed by atoms with van der Waals surface area (Å²) in [4.78, 5) is 0. The van der Waals surface area contributed by atoms with E-state index in [2.05, 4.69) is 4.18 Å². The fourth-order valence-corrected chi connectivity index (χ4v) is 14.6. The molecule has 4 bridgehead atoms. The van der Waals surface area contributed by atoms with Gasteiger partial charge in [0.15, 0.2) is 9.84 Å². The zero-order chi connectivity index (χ0) is 41.9. The summed E-state index contributed by atoms with van der Waals surface area (Å²) in [5.41, 5.74) is 0. The first-order valence-corrected chi connectivity index (χ1v) is 27.5. The van der Waals surface area contributed by atoms with Crippen LogP contribution in [0.15, 0.2) is 0 Å². The van der Waals surface area contributed by atoms with Crippen molar-refractivity contribution in [2.24, 2.45) is 29.6 Å². The van der Waals surface area contributed by atoms with Crippen LogP contribution in [0, 0.1) is 29.6 Å². The predicted octanol–water partition coefficient (Wildman–Crippen LogP) is 9.48. The van der Waals surface area contributed by atoms with E-state index in [1.807, 2.05) is 111 Å². The van der Waals surface area contributed by atoms with Crippen LogP contribution >= 0.6 is 0 Å². The SMILES string of the molecule is CC.CC.CC.CC.CC.CC.CC.CC.O=S1(=O)CC2CC3CC2C1C3.O=S1(=O)CCCC1.O=S1(=O)CCCO1.O=S1(=O)OC2CC3CC2C1C3. The molecule has 14 heteroatoms. The minimum Gasteiger partial charge on any atom is -0.270 e. The van der Waals surface area contributed by atoms with Crippen molar-refractivity contribution in [1.29, 1.82) is 0 Å². The quantitative estimate of drug-likeness (QED) is 0.216. The minimum atomic E-state index is -3.13. The second kappa shape index (κ2) is 30.9. The van der Waals surface area contributed by atoms with Gasteiger partial charge in [-0.1, -0.05) is 111 Å². The monoisotopic (exact) mass is 828 g/mol. The third-order valence-electron chi connectivity index (χ3n) is 9.08. The van der Waals surface area contributed by atoms with Crippen molar-refractivity contribution in [3.63, 3.8) is 0 Å². The average molecular weight is 829 g/mol. The lowest BCUT2D eigenvalue weighted by Gasteiger charge is -2.14. The Morgan fingerprint density at radius 1 is 0.462 bits per heavy atom. The summed E-state index contributed by atoms with van der Waals surface area (Å²) < 4.78 is 96.1. The number of hydrogen-bond donors (Lipinski definition) is 0. The zero-order valence-corrected chi connectivity index (χ0v) is 39.5. The summed E-state index contributed by atoms with van der Waals surface area (Å²) in [6, 6.07) is 0. The second-order valence-corrected chi connectivity index (χ2v) is 19.7. The highest BCUT2D eigenvalue weighted by atomic mass is 32.2. The van der Waals surface area contributed by atoms with Gasteiger partial charge in [0, 0.05) is 5.92 Å². The molecular weight excluding hydrogens is 745 g/mol. The van der Waals surface area contributed by atoms with Crippen molar-refractivity contribution in [2.75, 3.05) is 29.6 Å². The van der Waals surface area contributed by atoms with Crippen LogP contribution in [-0.4, -0.2) is 79.9 Å². The normalized spacial score (nSPS) is 32.6. The lowest BCUT2D eigenvalue weighted by atomic mass is 9.91. The molecular formula is C38H84O10S4. The Labute approximate surface area is 324 Å². The first-order valence-electron chi connectivity index (χ1n) is 21.0. The maximum absolute atomic E-state index is 11.5. The molecule has 4 saturated heterocycles. The molecule has 8 unspecified atom stereocenters. The Kier molecular flexibility index (Phi) is 34.7. The Balaban J connectivity index is -0.000000265. The molecule has 0 aromatic rings. The molecule has 52 heavy (non-hydrogen) atoms. The standard InChI is InChI=1S/C8H12O2S.C7H10O3S.C4H8O2S.C3H6O3S.8C2H6/c9-11(10)4-6-1-5-2-7(6)8(11)3-5;8-11(9)7-3-4-1-5(7)6(2-4)10-11;5-7(6)3-1-2-4-7;4-7(5)3-1-2-6-7;8*1-2/h5-8H,1-4H2;4-7H,1-3H2;1-4H2;1-3H2;8*1-2H3. The first-order chi connectivity index (χ1) is 24.7. The van der Waals surface area contributed by atoms with E-state index in [4.69, 9.17) is 4.18 Å². The van der Waals surface area contributed by atoms with E-state index >= 15 is 0 Å². The van der Waals surface area contributed by atoms with Crippen LogP contribution in [0.5, 0.6) is 0 Å². The van der Waals surface area contributed by atoms with Gasteiger partial charge < -0.3 is 0 Å². The van der Waals surface area contributed by atoms with Crippen molar-refractivity contribution in [1.82, 2.24) is 0 Å². The van der Waals surface area contributed by atoms with Gasteiger partial charge in [0.25, 0.3) is 20.2 Å². The molecule has 10 nitrogen and oxygen atoms in total. The van der Waals surface area contributed by atoms with Crippen LogP contribution in [0.3, 0.4) is 0 Å². The van der Waals surface area contributed by atoms with Crippen LogP contribution in [0.1, 0.15) is 169 Å². The third-order valence-corrected chi connectivity index (χ3v) is 16.4. The smallest absolute Gasteiger partial charge is 0.270 e. The van der Waals surface area contributed by atoms with E-state index in [1.54, 1.807) is 0 Å². The molecule has 0 spiro atoms. The van der Waals surface area contributed by atoms with Gasteiger partial charge in [0.05, 0.1) is 46.2 Å². The van der Waals surface area contributed by atoms with Gasteiger partial charge in [-0.25, -0.2) is 16.8 Å². The topological polar surface area (TPSA) is 155 Å². The highest BCUT2D eigenvalue weighted by Gasteiger charge is 2.59. The molecule has 8 aliphatic rings. The van der Waals surface area contributed by atoms with Gasteiger partial charge in [-0.2, -0.15) is 16.8 Å². The summed E-state index contributed by atoms with van der Waals surface area (Å²) in [6.07, 6.45) is 8.83. The number of rotatable bonds is 0. The van der Waals surface area contributed by atoms with Crippen molar-refractivity contribution in [3.05, 3.63) is 0 Å². The summed E-state index contributed by atoms with van der Waals surface area (Å²) in [7, 11) is -11.4. The molecule has 320 valence electrons. The molecule has 4 saturated carbocycles. The highest BCUT2D eigenvalue weighted by molar-refractivity contribution is 7.92. The molecule has 0 amide bonds. The van der Waals surface area contributed by atoms with Crippen LogP contribution in [0.2, 0.25) is 0 Å². The largest absolute Gasteiger partial charge is 0.270 e. The maximum atomic E-state index is 11.5. The van der Waals surface area contributed by atoms with Gasteiger partial charge >= 0.3 is 0 Å². The van der Waals surface area contributed by atoms with E-state index in [1.165, 1.54) is 12.8 Å². The van der Waals surface area contributed by atoms with Gasteiger partial charge in [-0.15, -0.1) is 0 Å². The van der Waals surface area contributed by atoms with Crippen LogP contribution in [0.25, 0.3) is 0 Å². The van der Waals surface area contributed by atoms with Crippen molar-refractivity contribution in [3.8, 4) is 0 Å². The molecule has 0 radical (unpaired) electrons. The average Bonchev–Trinajstić information content (AvgIpc) is 4.05. The third kappa shape index (κ3) is 18.6. The van der Waals surface area contributed by atoms with Gasteiger partial charge in [0.1, 0.15) is 9.84 Å². The highest BCUT2D eigenvalue weighted by Crippen LogP contribution is 2.56. The molecule has 0 aromatic heterocycles. The fraction of sp³-hybridized carbons (Fsp3) is 1.00. The van der Waals surface area contributed by atoms with Crippen LogP contribution < -0.4 is 0 Å². The van der Waals surface area contributed by atoms with Crippen molar-refractivity contribution < 1.29 is 42.0 Å². The van der Waals surface area contributed by atoms with E-state index in [0.717, 1.165) is 44.4 Å². The van der Waals surface area contributed by atoms with Crippen molar-refractivity contribution in [2.45, 2.75) is 185 Å². The number of hydrogen-bond acceptors (Lipinski definition) is 10. The van der Waals surface area contributed by atoms with Gasteiger partial charge in [0.2, 0.25) is 0 Å². The molecule has 4 aliphatic carbocycles. The van der Waals surface area contributed by atoms with E-state index in [0.29, 0.717) is 54.0 Å². The van der Waals surface area contributed by atoms with Crippen LogP contribution in [-0.2, 0) is 48.3 Å². The zero-order valence-electron chi connectivity index (χ0n) is 36.2. The Bertz CT molecular complexity index is 1150.